The van der Waals surface area contributed by atoms with Crippen LogP contribution in [-0.4, -0.2) is 18.2 Å². The van der Waals surface area contributed by atoms with Crippen molar-refractivity contribution >= 4 is 15.9 Å². The van der Waals surface area contributed by atoms with E-state index < -0.39 is 0 Å². The number of nitrogens with one attached hydrogen (secondary N) is 1. The van der Waals surface area contributed by atoms with Gasteiger partial charge in [0.2, 0.25) is 0 Å². The fraction of sp³-hybridized carbons (Fsp3) is 0.571. The molecule has 0 aliphatic carbocycles. The van der Waals surface area contributed by atoms with Gasteiger partial charge in [-0.05, 0) is 59.3 Å². The van der Waals surface area contributed by atoms with Crippen LogP contribution in [0.2, 0.25) is 0 Å². The Morgan fingerprint density at radius 1 is 1.47 bits per heavy atom. The van der Waals surface area contributed by atoms with E-state index in [1.807, 2.05) is 12.1 Å². The average Bonchev–Trinajstić information content (AvgIpc) is 3.02. The van der Waals surface area contributed by atoms with Crippen molar-refractivity contribution in [3.8, 4) is 0 Å². The summed E-state index contributed by atoms with van der Waals surface area (Å²) in [7, 11) is 0. The van der Waals surface area contributed by atoms with Gasteiger partial charge in [0.1, 0.15) is 5.82 Å². The largest absolute Gasteiger partial charge is 0.375 e. The van der Waals surface area contributed by atoms with E-state index in [9.17, 15) is 4.39 Å². The van der Waals surface area contributed by atoms with Crippen LogP contribution in [-0.2, 0) is 11.2 Å². The van der Waals surface area contributed by atoms with Crippen LogP contribution in [0.15, 0.2) is 22.7 Å². The molecular weight excluding hydrogens is 311 g/mol. The molecule has 4 atom stereocenters. The number of benzene rings is 1. The van der Waals surface area contributed by atoms with Crippen LogP contribution in [0.4, 0.5) is 4.39 Å². The minimum atomic E-state index is -0.232. The van der Waals surface area contributed by atoms with E-state index in [0.717, 1.165) is 24.8 Å². The topological polar surface area (TPSA) is 47.3 Å². The molecule has 2 bridgehead atoms. The maximum Gasteiger partial charge on any atom is 0.137 e. The van der Waals surface area contributed by atoms with Gasteiger partial charge in [0.05, 0.1) is 16.7 Å². The van der Waals surface area contributed by atoms with Crippen LogP contribution in [0.3, 0.4) is 0 Å². The van der Waals surface area contributed by atoms with Crippen LogP contribution < -0.4 is 11.3 Å². The van der Waals surface area contributed by atoms with E-state index in [1.54, 1.807) is 0 Å². The highest BCUT2D eigenvalue weighted by molar-refractivity contribution is 9.10. The van der Waals surface area contributed by atoms with Crippen LogP contribution in [0.5, 0.6) is 0 Å². The number of hydrazine groups is 1. The lowest BCUT2D eigenvalue weighted by Crippen LogP contribution is -2.45. The van der Waals surface area contributed by atoms with E-state index in [0.29, 0.717) is 22.6 Å². The minimum absolute atomic E-state index is 0.188. The highest BCUT2D eigenvalue weighted by Crippen LogP contribution is 2.40. The molecule has 5 heteroatoms. The lowest BCUT2D eigenvalue weighted by atomic mass is 9.82. The molecule has 2 aliphatic rings. The molecule has 1 aromatic rings. The first kappa shape index (κ1) is 13.5. The highest BCUT2D eigenvalue weighted by atomic mass is 79.9. The van der Waals surface area contributed by atoms with Gasteiger partial charge in [0, 0.05) is 12.0 Å². The zero-order valence-corrected chi connectivity index (χ0v) is 12.2. The van der Waals surface area contributed by atoms with Crippen LogP contribution in [0.1, 0.15) is 24.8 Å². The fourth-order valence-electron chi connectivity index (χ4n) is 3.35. The second-order valence-corrected chi connectivity index (χ2v) is 6.35. The smallest absolute Gasteiger partial charge is 0.137 e. The van der Waals surface area contributed by atoms with E-state index in [2.05, 4.69) is 21.4 Å². The van der Waals surface area contributed by atoms with E-state index in [1.165, 1.54) is 12.5 Å². The zero-order valence-electron chi connectivity index (χ0n) is 10.6. The second-order valence-electron chi connectivity index (χ2n) is 5.50. The third kappa shape index (κ3) is 2.70. The Morgan fingerprint density at radius 3 is 2.89 bits per heavy atom. The molecule has 2 saturated heterocycles. The van der Waals surface area contributed by atoms with Crippen molar-refractivity contribution in [1.29, 1.82) is 0 Å². The molecule has 2 heterocycles. The number of hydrogen-bond acceptors (Lipinski definition) is 3. The van der Waals surface area contributed by atoms with Gasteiger partial charge in [-0.15, -0.1) is 0 Å². The van der Waals surface area contributed by atoms with Crippen LogP contribution in [0, 0.1) is 11.7 Å². The summed E-state index contributed by atoms with van der Waals surface area (Å²) in [5.74, 6) is 5.94. The molecule has 0 saturated carbocycles. The summed E-state index contributed by atoms with van der Waals surface area (Å²) in [6.45, 7) is 0. The van der Waals surface area contributed by atoms with Crippen molar-refractivity contribution in [3.05, 3.63) is 34.1 Å². The predicted octanol–water partition coefficient (Wildman–Crippen LogP) is 2.53. The summed E-state index contributed by atoms with van der Waals surface area (Å²) in [5.41, 5.74) is 4.00. The predicted molar refractivity (Wildman–Crippen MR) is 74.9 cm³/mol. The maximum absolute atomic E-state index is 13.2. The lowest BCUT2D eigenvalue weighted by molar-refractivity contribution is 0.0857. The van der Waals surface area contributed by atoms with Crippen LogP contribution in [0.25, 0.3) is 0 Å². The van der Waals surface area contributed by atoms with Gasteiger partial charge in [0.15, 0.2) is 0 Å². The molecule has 0 radical (unpaired) electrons. The molecule has 2 aliphatic heterocycles. The molecule has 2 fully saturated rings. The molecule has 3 rings (SSSR count). The summed E-state index contributed by atoms with van der Waals surface area (Å²) >= 11 is 3.22. The number of hydrogen-bond donors (Lipinski definition) is 2. The first-order valence-electron chi connectivity index (χ1n) is 6.73. The van der Waals surface area contributed by atoms with Crippen molar-refractivity contribution in [3.63, 3.8) is 0 Å². The minimum Gasteiger partial charge on any atom is -0.375 e. The van der Waals surface area contributed by atoms with Crippen molar-refractivity contribution < 1.29 is 9.13 Å². The molecule has 19 heavy (non-hydrogen) atoms. The molecule has 1 aromatic carbocycles. The van der Waals surface area contributed by atoms with Crippen molar-refractivity contribution in [2.75, 3.05) is 0 Å². The van der Waals surface area contributed by atoms with Gasteiger partial charge >= 0.3 is 0 Å². The van der Waals surface area contributed by atoms with Crippen molar-refractivity contribution in [1.82, 2.24) is 5.43 Å². The number of halogens is 2. The molecule has 4 unspecified atom stereocenters. The van der Waals surface area contributed by atoms with Gasteiger partial charge in [-0.25, -0.2) is 4.39 Å². The maximum atomic E-state index is 13.2. The molecule has 104 valence electrons. The lowest BCUT2D eigenvalue weighted by Gasteiger charge is -2.28. The number of rotatable bonds is 4. The third-order valence-electron chi connectivity index (χ3n) is 4.32. The quantitative estimate of drug-likeness (QED) is 0.659. The molecule has 3 nitrogen and oxygen atoms in total. The first-order chi connectivity index (χ1) is 9.17. The Morgan fingerprint density at radius 2 is 2.32 bits per heavy atom. The Bertz CT molecular complexity index is 471. The SMILES string of the molecule is NNC(Cc1ccc(F)c(Br)c1)C1CC2CCC1O2. The Hall–Kier alpha value is -0.490. The first-order valence-corrected chi connectivity index (χ1v) is 7.52. The van der Waals surface area contributed by atoms with Gasteiger partial charge in [-0.1, -0.05) is 6.07 Å². The molecule has 0 aromatic heterocycles. The molecular formula is C14H18BrFN2O. The van der Waals surface area contributed by atoms with Crippen LogP contribution >= 0.6 is 15.9 Å². The number of fused-ring (bicyclic) bond motifs is 2. The van der Waals surface area contributed by atoms with Gasteiger partial charge < -0.3 is 4.74 Å². The summed E-state index contributed by atoms with van der Waals surface area (Å²) in [6, 6.07) is 5.32. The van der Waals surface area contributed by atoms with E-state index in [-0.39, 0.29) is 11.9 Å². The summed E-state index contributed by atoms with van der Waals surface area (Å²) < 4.78 is 19.6. The molecule has 0 spiro atoms. The summed E-state index contributed by atoms with van der Waals surface area (Å²) in [4.78, 5) is 0. The van der Waals surface area contributed by atoms with E-state index in [4.69, 9.17) is 10.6 Å². The van der Waals surface area contributed by atoms with Crippen molar-refractivity contribution in [2.45, 2.75) is 43.9 Å². The van der Waals surface area contributed by atoms with Crippen molar-refractivity contribution in [2.24, 2.45) is 11.8 Å². The standard InChI is InChI=1S/C14H18BrFN2O/c15-11-5-8(1-3-12(11)16)6-13(18-17)10-7-9-2-4-14(10)19-9/h1,3,5,9-10,13-14,18H,2,4,6-7,17H2. The summed E-state index contributed by atoms with van der Waals surface area (Å²) in [5, 5.41) is 0. The molecule has 0 amide bonds. The second kappa shape index (κ2) is 5.48. The monoisotopic (exact) mass is 328 g/mol. The fourth-order valence-corrected chi connectivity index (χ4v) is 3.78. The number of nitrogens with two attached hydrogens (primary N) is 1. The van der Waals surface area contributed by atoms with Gasteiger partial charge in [0.25, 0.3) is 0 Å². The normalized spacial score (nSPS) is 30.8. The highest BCUT2D eigenvalue weighted by Gasteiger charge is 2.44. The molecule has 3 N–H and O–H groups in total. The van der Waals surface area contributed by atoms with E-state index >= 15 is 0 Å². The Labute approximate surface area is 120 Å². The Kier molecular flexibility index (Phi) is 3.89. The van der Waals surface area contributed by atoms with Gasteiger partial charge in [-0.3, -0.25) is 11.3 Å². The number of ether oxygens (including phenoxy) is 1. The zero-order chi connectivity index (χ0) is 13.4. The average molecular weight is 329 g/mol. The Balaban J connectivity index is 1.71. The third-order valence-corrected chi connectivity index (χ3v) is 4.93. The summed E-state index contributed by atoms with van der Waals surface area (Å²) in [6.07, 6.45) is 4.97. The van der Waals surface area contributed by atoms with Gasteiger partial charge in [-0.2, -0.15) is 0 Å².